The fourth-order valence-electron chi connectivity index (χ4n) is 2.28. The minimum absolute atomic E-state index is 0.521. The molecular weight excluding hydrogens is 208 g/mol. The average molecular weight is 225 g/mol. The number of nitrogens with zero attached hydrogens (tertiary/aromatic N) is 1. The Hall–Kier alpha value is -0.730. The summed E-state index contributed by atoms with van der Waals surface area (Å²) < 4.78 is 0. The maximum atomic E-state index is 6.02. The second-order valence-corrected chi connectivity index (χ2v) is 4.68. The number of halogens is 1. The smallest absolute Gasteiger partial charge is 0.0426 e. The van der Waals surface area contributed by atoms with Crippen LogP contribution in [0.2, 0.25) is 5.02 Å². The largest absolute Gasteiger partial charge is 0.364 e. The lowest BCUT2D eigenvalue weighted by Gasteiger charge is -2.41. The van der Waals surface area contributed by atoms with Crippen LogP contribution >= 0.6 is 11.6 Å². The van der Waals surface area contributed by atoms with Gasteiger partial charge in [-0.2, -0.15) is 0 Å². The van der Waals surface area contributed by atoms with Crippen molar-refractivity contribution in [2.45, 2.75) is 25.9 Å². The summed E-state index contributed by atoms with van der Waals surface area (Å²) in [4.78, 5) is 2.43. The van der Waals surface area contributed by atoms with Crippen LogP contribution in [0.5, 0.6) is 0 Å². The van der Waals surface area contributed by atoms with Crippen LogP contribution in [0.4, 0.5) is 5.69 Å². The SMILES string of the molecule is C[C@@H]1CNC[C@@H](C)N1c1cccc(Cl)c1. The lowest BCUT2D eigenvalue weighted by molar-refractivity contribution is 0.432. The van der Waals surface area contributed by atoms with Crippen molar-refractivity contribution < 1.29 is 0 Å². The Morgan fingerprint density at radius 1 is 1.27 bits per heavy atom. The molecule has 1 aromatic carbocycles. The average Bonchev–Trinajstić information content (AvgIpc) is 2.17. The predicted octanol–water partition coefficient (Wildman–Crippen LogP) is 2.53. The summed E-state index contributed by atoms with van der Waals surface area (Å²) in [7, 11) is 0. The molecule has 0 radical (unpaired) electrons. The van der Waals surface area contributed by atoms with Crippen LogP contribution in [0.1, 0.15) is 13.8 Å². The first-order valence-electron chi connectivity index (χ1n) is 5.43. The monoisotopic (exact) mass is 224 g/mol. The van der Waals surface area contributed by atoms with E-state index in [2.05, 4.69) is 30.1 Å². The molecule has 82 valence electrons. The molecule has 0 unspecified atom stereocenters. The number of benzene rings is 1. The zero-order valence-electron chi connectivity index (χ0n) is 9.20. The van der Waals surface area contributed by atoms with Gasteiger partial charge in [-0.25, -0.2) is 0 Å². The van der Waals surface area contributed by atoms with Crippen LogP contribution < -0.4 is 10.2 Å². The molecule has 1 heterocycles. The number of rotatable bonds is 1. The number of piperazine rings is 1. The topological polar surface area (TPSA) is 15.3 Å². The molecule has 0 spiro atoms. The lowest BCUT2D eigenvalue weighted by Crippen LogP contribution is -2.55. The first kappa shape index (κ1) is 10.8. The summed E-state index contributed by atoms with van der Waals surface area (Å²) in [6.07, 6.45) is 0. The highest BCUT2D eigenvalue weighted by atomic mass is 35.5. The maximum absolute atomic E-state index is 6.02. The molecule has 0 amide bonds. The first-order valence-corrected chi connectivity index (χ1v) is 5.81. The quantitative estimate of drug-likeness (QED) is 0.789. The van der Waals surface area contributed by atoms with Crippen molar-refractivity contribution in [2.75, 3.05) is 18.0 Å². The maximum Gasteiger partial charge on any atom is 0.0426 e. The van der Waals surface area contributed by atoms with E-state index in [9.17, 15) is 0 Å². The summed E-state index contributed by atoms with van der Waals surface area (Å²) >= 11 is 6.02. The molecule has 1 fully saturated rings. The second kappa shape index (κ2) is 4.42. The van der Waals surface area contributed by atoms with Gasteiger partial charge in [-0.05, 0) is 32.0 Å². The minimum Gasteiger partial charge on any atom is -0.364 e. The summed E-state index contributed by atoms with van der Waals surface area (Å²) in [5, 5.41) is 4.23. The van der Waals surface area contributed by atoms with Gasteiger partial charge < -0.3 is 10.2 Å². The fraction of sp³-hybridized carbons (Fsp3) is 0.500. The number of hydrogen-bond donors (Lipinski definition) is 1. The molecule has 2 nitrogen and oxygen atoms in total. The number of nitrogens with one attached hydrogen (secondary N) is 1. The third kappa shape index (κ3) is 2.27. The molecule has 0 aromatic heterocycles. The number of hydrogen-bond acceptors (Lipinski definition) is 2. The van der Waals surface area contributed by atoms with Crippen molar-refractivity contribution in [1.29, 1.82) is 0 Å². The van der Waals surface area contributed by atoms with Crippen LogP contribution in [-0.2, 0) is 0 Å². The van der Waals surface area contributed by atoms with E-state index in [1.165, 1.54) is 5.69 Å². The van der Waals surface area contributed by atoms with Gasteiger partial charge in [-0.1, -0.05) is 17.7 Å². The van der Waals surface area contributed by atoms with Crippen LogP contribution in [0, 0.1) is 0 Å². The van der Waals surface area contributed by atoms with Crippen molar-refractivity contribution in [3.63, 3.8) is 0 Å². The van der Waals surface area contributed by atoms with Crippen LogP contribution in [0.25, 0.3) is 0 Å². The van der Waals surface area contributed by atoms with Gasteiger partial charge in [-0.15, -0.1) is 0 Å². The highest BCUT2D eigenvalue weighted by Gasteiger charge is 2.24. The molecule has 15 heavy (non-hydrogen) atoms. The normalized spacial score (nSPS) is 26.7. The molecule has 2 rings (SSSR count). The van der Waals surface area contributed by atoms with Gasteiger partial charge in [0.25, 0.3) is 0 Å². The highest BCUT2D eigenvalue weighted by molar-refractivity contribution is 6.30. The van der Waals surface area contributed by atoms with E-state index < -0.39 is 0 Å². The Morgan fingerprint density at radius 2 is 1.93 bits per heavy atom. The highest BCUT2D eigenvalue weighted by Crippen LogP contribution is 2.24. The Balaban J connectivity index is 2.27. The van der Waals surface area contributed by atoms with Crippen LogP contribution in [0.15, 0.2) is 24.3 Å². The first-order chi connectivity index (χ1) is 7.18. The van der Waals surface area contributed by atoms with Crippen LogP contribution in [-0.4, -0.2) is 25.2 Å². The molecular formula is C12H17ClN2. The Morgan fingerprint density at radius 3 is 2.53 bits per heavy atom. The van der Waals surface area contributed by atoms with E-state index in [0.29, 0.717) is 12.1 Å². The Labute approximate surface area is 96.2 Å². The third-order valence-corrected chi connectivity index (χ3v) is 3.17. The standard InChI is InChI=1S/C12H17ClN2/c1-9-7-14-8-10(2)15(9)12-5-3-4-11(13)6-12/h3-6,9-10,14H,7-8H2,1-2H3/t9-,10-/m1/s1. The minimum atomic E-state index is 0.521. The third-order valence-electron chi connectivity index (χ3n) is 2.94. The van der Waals surface area contributed by atoms with E-state index in [1.54, 1.807) is 0 Å². The van der Waals surface area contributed by atoms with Crippen molar-refractivity contribution in [3.05, 3.63) is 29.3 Å². The van der Waals surface area contributed by atoms with Crippen molar-refractivity contribution in [1.82, 2.24) is 5.32 Å². The van der Waals surface area contributed by atoms with Gasteiger partial charge in [0.2, 0.25) is 0 Å². The zero-order valence-corrected chi connectivity index (χ0v) is 9.96. The summed E-state index contributed by atoms with van der Waals surface area (Å²) in [5.74, 6) is 0. The predicted molar refractivity (Wildman–Crippen MR) is 65.7 cm³/mol. The molecule has 1 aliphatic rings. The lowest BCUT2D eigenvalue weighted by atomic mass is 10.1. The zero-order chi connectivity index (χ0) is 10.8. The van der Waals surface area contributed by atoms with Gasteiger partial charge in [0, 0.05) is 35.9 Å². The van der Waals surface area contributed by atoms with E-state index >= 15 is 0 Å². The van der Waals surface area contributed by atoms with Crippen molar-refractivity contribution in [2.24, 2.45) is 0 Å². The molecule has 1 aromatic rings. The Kier molecular flexibility index (Phi) is 3.17. The van der Waals surface area contributed by atoms with Gasteiger partial charge in [-0.3, -0.25) is 0 Å². The fourth-order valence-corrected chi connectivity index (χ4v) is 2.46. The van der Waals surface area contributed by atoms with Gasteiger partial charge >= 0.3 is 0 Å². The summed E-state index contributed by atoms with van der Waals surface area (Å²) in [6.45, 7) is 6.56. The molecule has 0 saturated carbocycles. The molecule has 1 aliphatic heterocycles. The van der Waals surface area contributed by atoms with E-state index in [0.717, 1.165) is 18.1 Å². The van der Waals surface area contributed by atoms with E-state index in [1.807, 2.05) is 18.2 Å². The Bertz CT molecular complexity index is 330. The summed E-state index contributed by atoms with van der Waals surface area (Å²) in [5.41, 5.74) is 1.23. The molecule has 1 N–H and O–H groups in total. The molecule has 0 aliphatic carbocycles. The van der Waals surface area contributed by atoms with E-state index in [-0.39, 0.29) is 0 Å². The van der Waals surface area contributed by atoms with Gasteiger partial charge in [0.1, 0.15) is 0 Å². The van der Waals surface area contributed by atoms with Gasteiger partial charge in [0.05, 0.1) is 0 Å². The molecule has 0 bridgehead atoms. The molecule has 1 saturated heterocycles. The van der Waals surface area contributed by atoms with Gasteiger partial charge in [0.15, 0.2) is 0 Å². The van der Waals surface area contributed by atoms with Crippen molar-refractivity contribution >= 4 is 17.3 Å². The number of anilines is 1. The summed E-state index contributed by atoms with van der Waals surface area (Å²) in [6, 6.07) is 9.14. The van der Waals surface area contributed by atoms with Crippen LogP contribution in [0.3, 0.4) is 0 Å². The second-order valence-electron chi connectivity index (χ2n) is 4.24. The molecule has 3 heteroatoms. The molecule has 2 atom stereocenters. The van der Waals surface area contributed by atoms with E-state index in [4.69, 9.17) is 11.6 Å². The van der Waals surface area contributed by atoms with Crippen molar-refractivity contribution in [3.8, 4) is 0 Å².